The van der Waals surface area contributed by atoms with Crippen molar-refractivity contribution in [1.29, 1.82) is 0 Å². The molecule has 4 amide bonds. The molecule has 0 saturated carbocycles. The van der Waals surface area contributed by atoms with Crippen LogP contribution in [0.1, 0.15) is 25.8 Å². The zero-order valence-corrected chi connectivity index (χ0v) is 17.5. The van der Waals surface area contributed by atoms with Gasteiger partial charge in [0.25, 0.3) is 11.8 Å². The molecule has 3 rings (SSSR count). The number of hydrogen-bond donors (Lipinski definition) is 1. The van der Waals surface area contributed by atoms with Gasteiger partial charge in [-0.2, -0.15) is 0 Å². The molecule has 2 aromatic carbocycles. The molecule has 0 aliphatic carbocycles. The number of rotatable bonds is 6. The van der Waals surface area contributed by atoms with Crippen LogP contribution >= 0.6 is 11.6 Å². The summed E-state index contributed by atoms with van der Waals surface area (Å²) in [6, 6.07) is 10.4. The van der Waals surface area contributed by atoms with E-state index in [2.05, 4.69) is 5.32 Å². The van der Waals surface area contributed by atoms with Gasteiger partial charge in [-0.25, -0.2) is 9.69 Å². The monoisotopic (exact) mass is 428 g/mol. The minimum atomic E-state index is -0.820. The SMILES string of the molecule is CC[C@H](C)Oc1ccc(/C=C2/C(=O)NC(=O)N(c3ccc(Cl)cc3)C2=O)cc1OC. The molecule has 1 N–H and O–H groups in total. The number of nitrogens with one attached hydrogen (secondary N) is 1. The summed E-state index contributed by atoms with van der Waals surface area (Å²) in [6.07, 6.45) is 2.24. The Labute approximate surface area is 179 Å². The fraction of sp³-hybridized carbons (Fsp3) is 0.227. The average molecular weight is 429 g/mol. The Morgan fingerprint density at radius 1 is 1.10 bits per heavy atom. The number of methoxy groups -OCH3 is 1. The second kappa shape index (κ2) is 9.00. The second-order valence-electron chi connectivity index (χ2n) is 6.68. The first-order valence-electron chi connectivity index (χ1n) is 9.35. The van der Waals surface area contributed by atoms with Gasteiger partial charge >= 0.3 is 6.03 Å². The minimum absolute atomic E-state index is 0.00718. The average Bonchev–Trinajstić information content (AvgIpc) is 2.73. The van der Waals surface area contributed by atoms with E-state index < -0.39 is 17.8 Å². The van der Waals surface area contributed by atoms with Crippen molar-refractivity contribution in [1.82, 2.24) is 5.32 Å². The largest absolute Gasteiger partial charge is 0.493 e. The van der Waals surface area contributed by atoms with E-state index in [1.54, 1.807) is 30.3 Å². The predicted octanol–water partition coefficient (Wildman–Crippen LogP) is 4.19. The van der Waals surface area contributed by atoms with Gasteiger partial charge in [-0.15, -0.1) is 0 Å². The lowest BCUT2D eigenvalue weighted by Gasteiger charge is -2.26. The molecule has 1 heterocycles. The highest BCUT2D eigenvalue weighted by Gasteiger charge is 2.36. The molecule has 0 radical (unpaired) electrons. The number of anilines is 1. The topological polar surface area (TPSA) is 84.9 Å². The first-order chi connectivity index (χ1) is 14.3. The summed E-state index contributed by atoms with van der Waals surface area (Å²) >= 11 is 5.87. The zero-order valence-electron chi connectivity index (χ0n) is 16.8. The number of imide groups is 2. The van der Waals surface area contributed by atoms with Crippen LogP contribution in [0, 0.1) is 0 Å². The summed E-state index contributed by atoms with van der Waals surface area (Å²) < 4.78 is 11.2. The smallest absolute Gasteiger partial charge is 0.335 e. The minimum Gasteiger partial charge on any atom is -0.493 e. The van der Waals surface area contributed by atoms with Crippen molar-refractivity contribution in [3.8, 4) is 11.5 Å². The van der Waals surface area contributed by atoms with Crippen molar-refractivity contribution in [3.05, 3.63) is 58.6 Å². The number of nitrogens with zero attached hydrogens (tertiary/aromatic N) is 1. The third kappa shape index (κ3) is 4.46. The first-order valence-corrected chi connectivity index (χ1v) is 9.73. The molecule has 156 valence electrons. The second-order valence-corrected chi connectivity index (χ2v) is 7.12. The van der Waals surface area contributed by atoms with Gasteiger partial charge in [0.1, 0.15) is 5.57 Å². The maximum Gasteiger partial charge on any atom is 0.335 e. The lowest BCUT2D eigenvalue weighted by atomic mass is 10.1. The molecule has 0 spiro atoms. The van der Waals surface area contributed by atoms with Crippen molar-refractivity contribution < 1.29 is 23.9 Å². The van der Waals surface area contributed by atoms with Crippen LogP contribution in [0.4, 0.5) is 10.5 Å². The quantitative estimate of drug-likeness (QED) is 0.550. The van der Waals surface area contributed by atoms with E-state index in [9.17, 15) is 14.4 Å². The van der Waals surface area contributed by atoms with E-state index in [0.717, 1.165) is 11.3 Å². The van der Waals surface area contributed by atoms with Gasteiger partial charge in [-0.3, -0.25) is 14.9 Å². The standard InChI is InChI=1S/C22H21ClN2O5/c1-4-13(2)30-18-10-5-14(12-19(18)29-3)11-17-20(26)24-22(28)25(21(17)27)16-8-6-15(23)7-9-16/h5-13H,4H2,1-3H3,(H,24,26,28)/b17-11-/t13-/m0/s1. The molecular weight excluding hydrogens is 408 g/mol. The Balaban J connectivity index is 1.95. The van der Waals surface area contributed by atoms with Crippen molar-refractivity contribution in [2.45, 2.75) is 26.4 Å². The lowest BCUT2D eigenvalue weighted by Crippen LogP contribution is -2.54. The predicted molar refractivity (Wildman–Crippen MR) is 114 cm³/mol. The molecule has 1 aliphatic heterocycles. The Hall–Kier alpha value is -3.32. The van der Waals surface area contributed by atoms with Crippen LogP contribution in [0.5, 0.6) is 11.5 Å². The van der Waals surface area contributed by atoms with Crippen LogP contribution in [0.15, 0.2) is 48.0 Å². The van der Waals surface area contributed by atoms with Gasteiger partial charge in [0.15, 0.2) is 11.5 Å². The van der Waals surface area contributed by atoms with Crippen LogP contribution in [-0.4, -0.2) is 31.1 Å². The van der Waals surface area contributed by atoms with Gasteiger partial charge < -0.3 is 9.47 Å². The van der Waals surface area contributed by atoms with Gasteiger partial charge in [0.2, 0.25) is 0 Å². The molecule has 2 aromatic rings. The number of carbonyl (C=O) groups is 3. The Morgan fingerprint density at radius 3 is 2.43 bits per heavy atom. The molecule has 0 aromatic heterocycles. The molecule has 1 fully saturated rings. The highest BCUT2D eigenvalue weighted by molar-refractivity contribution is 6.39. The van der Waals surface area contributed by atoms with E-state index in [1.807, 2.05) is 13.8 Å². The van der Waals surface area contributed by atoms with Gasteiger partial charge in [0, 0.05) is 5.02 Å². The van der Waals surface area contributed by atoms with Crippen LogP contribution < -0.4 is 19.7 Å². The third-order valence-corrected chi connectivity index (χ3v) is 4.84. The first kappa shape index (κ1) is 21.4. The Bertz CT molecular complexity index is 1020. The number of halogens is 1. The van der Waals surface area contributed by atoms with E-state index >= 15 is 0 Å². The van der Waals surface area contributed by atoms with E-state index in [4.69, 9.17) is 21.1 Å². The van der Waals surface area contributed by atoms with Crippen molar-refractivity contribution in [2.75, 3.05) is 12.0 Å². The fourth-order valence-corrected chi connectivity index (χ4v) is 2.95. The fourth-order valence-electron chi connectivity index (χ4n) is 2.82. The normalized spacial score (nSPS) is 16.5. The van der Waals surface area contributed by atoms with Gasteiger partial charge in [0.05, 0.1) is 18.9 Å². The van der Waals surface area contributed by atoms with E-state index in [0.29, 0.717) is 27.8 Å². The number of ether oxygens (including phenoxy) is 2. The summed E-state index contributed by atoms with van der Waals surface area (Å²) in [4.78, 5) is 38.4. The number of carbonyl (C=O) groups excluding carboxylic acids is 3. The summed E-state index contributed by atoms with van der Waals surface area (Å²) in [5, 5.41) is 2.65. The maximum atomic E-state index is 12.9. The summed E-state index contributed by atoms with van der Waals surface area (Å²) in [5.74, 6) is -0.468. The Kier molecular flexibility index (Phi) is 6.42. The van der Waals surface area contributed by atoms with Crippen molar-refractivity contribution in [2.24, 2.45) is 0 Å². The van der Waals surface area contributed by atoms with E-state index in [1.165, 1.54) is 25.3 Å². The summed E-state index contributed by atoms with van der Waals surface area (Å²) in [6.45, 7) is 3.96. The van der Waals surface area contributed by atoms with Crippen molar-refractivity contribution in [3.63, 3.8) is 0 Å². The molecule has 30 heavy (non-hydrogen) atoms. The molecule has 8 heteroatoms. The number of hydrogen-bond acceptors (Lipinski definition) is 5. The molecule has 1 saturated heterocycles. The highest BCUT2D eigenvalue weighted by atomic mass is 35.5. The lowest BCUT2D eigenvalue weighted by molar-refractivity contribution is -0.122. The Morgan fingerprint density at radius 2 is 1.80 bits per heavy atom. The van der Waals surface area contributed by atoms with Crippen molar-refractivity contribution >= 4 is 41.2 Å². The highest BCUT2D eigenvalue weighted by Crippen LogP contribution is 2.31. The molecule has 0 unspecified atom stereocenters. The van der Waals surface area contributed by atoms with Crippen LogP contribution in [0.3, 0.4) is 0 Å². The molecule has 0 bridgehead atoms. The number of urea groups is 1. The summed E-state index contributed by atoms with van der Waals surface area (Å²) in [5.41, 5.74) is 0.671. The van der Waals surface area contributed by atoms with Crippen LogP contribution in [0.25, 0.3) is 6.08 Å². The molecular formula is C22H21ClN2O5. The van der Waals surface area contributed by atoms with Gasteiger partial charge in [-0.05, 0) is 61.4 Å². The molecule has 1 aliphatic rings. The van der Waals surface area contributed by atoms with Crippen LogP contribution in [0.2, 0.25) is 5.02 Å². The summed E-state index contributed by atoms with van der Waals surface area (Å²) in [7, 11) is 1.51. The number of barbiturate groups is 1. The number of benzene rings is 2. The van der Waals surface area contributed by atoms with Crippen LogP contribution in [-0.2, 0) is 9.59 Å². The van der Waals surface area contributed by atoms with Gasteiger partial charge in [-0.1, -0.05) is 24.6 Å². The van der Waals surface area contributed by atoms with E-state index in [-0.39, 0.29) is 11.7 Å². The maximum absolute atomic E-state index is 12.9. The molecule has 1 atom stereocenters. The third-order valence-electron chi connectivity index (χ3n) is 4.59. The molecule has 7 nitrogen and oxygen atoms in total. The zero-order chi connectivity index (χ0) is 21.8. The number of amides is 4.